The molecule has 1 N–H and O–H groups in total. The van der Waals surface area contributed by atoms with E-state index in [2.05, 4.69) is 22.1 Å². The molecule has 0 aliphatic heterocycles. The minimum atomic E-state index is 0.717. The van der Waals surface area contributed by atoms with Crippen LogP contribution in [0.4, 0.5) is 0 Å². The fourth-order valence-electron chi connectivity index (χ4n) is 1.70. The first-order valence-electron chi connectivity index (χ1n) is 4.99. The lowest BCUT2D eigenvalue weighted by Gasteiger charge is -2.04. The predicted molar refractivity (Wildman–Crippen MR) is 60.6 cm³/mol. The lowest BCUT2D eigenvalue weighted by molar-refractivity contribution is 0.662. The van der Waals surface area contributed by atoms with Crippen LogP contribution in [0.5, 0.6) is 0 Å². The normalized spacial score (nSPS) is 10.4. The molecule has 2 aromatic rings. The zero-order chi connectivity index (χ0) is 10.7. The Labute approximate surface area is 88.9 Å². The van der Waals surface area contributed by atoms with Crippen LogP contribution in [-0.2, 0) is 6.54 Å². The van der Waals surface area contributed by atoms with Gasteiger partial charge in [0.05, 0.1) is 11.6 Å². The number of fused-ring (bicyclic) bond motifs is 1. The highest BCUT2D eigenvalue weighted by Gasteiger charge is 2.00. The number of benzene rings is 1. The Hall–Kier alpha value is -1.79. The van der Waals surface area contributed by atoms with E-state index in [9.17, 15) is 0 Å². The maximum Gasteiger partial charge on any atom is 0.0991 e. The van der Waals surface area contributed by atoms with E-state index in [4.69, 9.17) is 5.26 Å². The first-order chi connectivity index (χ1) is 7.35. The number of hydrogen-bond donors (Lipinski definition) is 1. The molecule has 3 heteroatoms. The summed E-state index contributed by atoms with van der Waals surface area (Å²) in [5.74, 6) is 0. The Balaban J connectivity index is 2.39. The topological polar surface area (TPSA) is 40.8 Å². The molecule has 0 unspecified atom stereocenters. The number of hydrogen-bond acceptors (Lipinski definition) is 2. The molecule has 1 aromatic heterocycles. The Morgan fingerprint density at radius 2 is 2.27 bits per heavy atom. The van der Waals surface area contributed by atoms with E-state index in [0.29, 0.717) is 5.56 Å². The molecule has 3 nitrogen and oxygen atoms in total. The fraction of sp³-hybridized carbons (Fsp3) is 0.250. The van der Waals surface area contributed by atoms with Crippen molar-refractivity contribution in [3.05, 3.63) is 36.0 Å². The molecule has 1 heterocycles. The van der Waals surface area contributed by atoms with Gasteiger partial charge in [-0.1, -0.05) is 0 Å². The average Bonchev–Trinajstić information content (AvgIpc) is 2.68. The van der Waals surface area contributed by atoms with Crippen LogP contribution >= 0.6 is 0 Å². The maximum atomic E-state index is 8.78. The minimum Gasteiger partial charge on any atom is -0.346 e. The third kappa shape index (κ3) is 1.85. The molecule has 0 amide bonds. The highest BCUT2D eigenvalue weighted by atomic mass is 15.0. The largest absolute Gasteiger partial charge is 0.346 e. The van der Waals surface area contributed by atoms with E-state index in [0.717, 1.165) is 18.5 Å². The van der Waals surface area contributed by atoms with E-state index in [1.54, 1.807) is 0 Å². The molecule has 1 aromatic carbocycles. The summed E-state index contributed by atoms with van der Waals surface area (Å²) in [4.78, 5) is 0. The fourth-order valence-corrected chi connectivity index (χ4v) is 1.70. The highest BCUT2D eigenvalue weighted by Crippen LogP contribution is 2.17. The van der Waals surface area contributed by atoms with Crippen molar-refractivity contribution in [3.63, 3.8) is 0 Å². The summed E-state index contributed by atoms with van der Waals surface area (Å²) in [5.41, 5.74) is 1.90. The van der Waals surface area contributed by atoms with Crippen LogP contribution in [0.2, 0.25) is 0 Å². The molecule has 0 saturated heterocycles. The van der Waals surface area contributed by atoms with Gasteiger partial charge >= 0.3 is 0 Å². The first kappa shape index (κ1) is 9.75. The molecule has 0 aliphatic rings. The summed E-state index contributed by atoms with van der Waals surface area (Å²) >= 11 is 0. The highest BCUT2D eigenvalue weighted by molar-refractivity contribution is 5.81. The number of nitrogens with zero attached hydrogens (tertiary/aromatic N) is 2. The Bertz CT molecular complexity index is 505. The van der Waals surface area contributed by atoms with Gasteiger partial charge in [-0.2, -0.15) is 5.26 Å². The molecule has 0 aliphatic carbocycles. The molecule has 76 valence electrons. The summed E-state index contributed by atoms with van der Waals surface area (Å²) in [6, 6.07) is 9.98. The lowest BCUT2D eigenvalue weighted by atomic mass is 10.2. The lowest BCUT2D eigenvalue weighted by Crippen LogP contribution is -2.14. The van der Waals surface area contributed by atoms with Crippen LogP contribution < -0.4 is 5.32 Å². The monoisotopic (exact) mass is 199 g/mol. The van der Waals surface area contributed by atoms with Gasteiger partial charge < -0.3 is 9.88 Å². The standard InChI is InChI=1S/C12H13N3/c1-14-5-7-15-6-4-11-8-10(9-13)2-3-12(11)15/h2-4,6,8,14H,5,7H2,1H3. The molecular weight excluding hydrogens is 186 g/mol. The maximum absolute atomic E-state index is 8.78. The van der Waals surface area contributed by atoms with E-state index >= 15 is 0 Å². The second-order valence-corrected chi connectivity index (χ2v) is 3.50. The molecule has 0 bridgehead atoms. The first-order valence-corrected chi connectivity index (χ1v) is 4.99. The van der Waals surface area contributed by atoms with Crippen molar-refractivity contribution >= 4 is 10.9 Å². The van der Waals surface area contributed by atoms with E-state index in [1.165, 1.54) is 5.52 Å². The summed E-state index contributed by atoms with van der Waals surface area (Å²) < 4.78 is 2.19. The number of aromatic nitrogens is 1. The van der Waals surface area contributed by atoms with Crippen molar-refractivity contribution in [3.8, 4) is 6.07 Å². The van der Waals surface area contributed by atoms with Crippen LogP contribution in [0.25, 0.3) is 10.9 Å². The molecule has 0 spiro atoms. The Morgan fingerprint density at radius 1 is 1.40 bits per heavy atom. The molecule has 2 rings (SSSR count). The molecule has 0 fully saturated rings. The van der Waals surface area contributed by atoms with Crippen LogP contribution in [0, 0.1) is 11.3 Å². The van der Waals surface area contributed by atoms with Gasteiger partial charge in [0.2, 0.25) is 0 Å². The summed E-state index contributed by atoms with van der Waals surface area (Å²) in [6.45, 7) is 1.90. The Kier molecular flexibility index (Phi) is 2.70. The van der Waals surface area contributed by atoms with Crippen molar-refractivity contribution in [2.45, 2.75) is 6.54 Å². The molecule has 0 atom stereocenters. The third-order valence-electron chi connectivity index (χ3n) is 2.50. The molecule has 0 radical (unpaired) electrons. The second-order valence-electron chi connectivity index (χ2n) is 3.50. The van der Waals surface area contributed by atoms with Gasteiger partial charge in [-0.05, 0) is 31.3 Å². The van der Waals surface area contributed by atoms with Gasteiger partial charge in [0, 0.05) is 30.2 Å². The number of nitriles is 1. The molecular formula is C12H13N3. The van der Waals surface area contributed by atoms with Gasteiger partial charge in [-0.25, -0.2) is 0 Å². The smallest absolute Gasteiger partial charge is 0.0991 e. The van der Waals surface area contributed by atoms with E-state index < -0.39 is 0 Å². The van der Waals surface area contributed by atoms with Crippen molar-refractivity contribution in [2.75, 3.05) is 13.6 Å². The average molecular weight is 199 g/mol. The Morgan fingerprint density at radius 3 is 3.00 bits per heavy atom. The van der Waals surface area contributed by atoms with Crippen molar-refractivity contribution in [1.29, 1.82) is 5.26 Å². The summed E-state index contributed by atoms with van der Waals surface area (Å²) in [6.07, 6.45) is 2.06. The minimum absolute atomic E-state index is 0.717. The molecule has 15 heavy (non-hydrogen) atoms. The summed E-state index contributed by atoms with van der Waals surface area (Å²) in [7, 11) is 1.94. The zero-order valence-corrected chi connectivity index (χ0v) is 8.70. The summed E-state index contributed by atoms with van der Waals surface area (Å²) in [5, 5.41) is 13.0. The second kappa shape index (κ2) is 4.16. The van der Waals surface area contributed by atoms with Gasteiger partial charge in [-0.3, -0.25) is 0 Å². The van der Waals surface area contributed by atoms with Crippen molar-refractivity contribution in [1.82, 2.24) is 9.88 Å². The number of likely N-dealkylation sites (N-methyl/N-ethyl adjacent to an activating group) is 1. The van der Waals surface area contributed by atoms with Gasteiger partial charge in [0.1, 0.15) is 0 Å². The van der Waals surface area contributed by atoms with Gasteiger partial charge in [-0.15, -0.1) is 0 Å². The van der Waals surface area contributed by atoms with Crippen LogP contribution in [0.1, 0.15) is 5.56 Å². The third-order valence-corrected chi connectivity index (χ3v) is 2.50. The van der Waals surface area contributed by atoms with Crippen LogP contribution in [0.3, 0.4) is 0 Å². The van der Waals surface area contributed by atoms with Crippen molar-refractivity contribution < 1.29 is 0 Å². The van der Waals surface area contributed by atoms with Gasteiger partial charge in [0.25, 0.3) is 0 Å². The van der Waals surface area contributed by atoms with E-state index in [1.807, 2.05) is 31.3 Å². The zero-order valence-electron chi connectivity index (χ0n) is 8.70. The van der Waals surface area contributed by atoms with E-state index in [-0.39, 0.29) is 0 Å². The van der Waals surface area contributed by atoms with Gasteiger partial charge in [0.15, 0.2) is 0 Å². The predicted octanol–water partition coefficient (Wildman–Crippen LogP) is 1.73. The van der Waals surface area contributed by atoms with Crippen molar-refractivity contribution in [2.24, 2.45) is 0 Å². The number of nitrogens with one attached hydrogen (secondary N) is 1. The molecule has 0 saturated carbocycles. The quantitative estimate of drug-likeness (QED) is 0.817. The SMILES string of the molecule is CNCCn1ccc2cc(C#N)ccc21. The van der Waals surface area contributed by atoms with Crippen LogP contribution in [-0.4, -0.2) is 18.2 Å². The van der Waals surface area contributed by atoms with Crippen LogP contribution in [0.15, 0.2) is 30.5 Å². The number of rotatable bonds is 3.